The molecule has 0 fully saturated rings. The standard InChI is InChI=1S/C21H34NO8P/c1-20(2,3)29-31(25,30-21(4,5)6)28-16-27-19(24)22-14-10-13-18(23)26-15-17-11-8-7-9-12-17/h7-9,11-12H,10,13-16H2,1-6H3,(H,22,24). The summed E-state index contributed by atoms with van der Waals surface area (Å²) < 4.78 is 38.8. The second kappa shape index (κ2) is 12.2. The number of phosphoric ester groups is 1. The third-order valence-corrected chi connectivity index (χ3v) is 5.21. The van der Waals surface area contributed by atoms with Gasteiger partial charge in [-0.2, -0.15) is 0 Å². The summed E-state index contributed by atoms with van der Waals surface area (Å²) in [4.78, 5) is 23.5. The first-order chi connectivity index (χ1) is 14.3. The predicted molar refractivity (Wildman–Crippen MR) is 115 cm³/mol. The minimum atomic E-state index is -3.96. The van der Waals surface area contributed by atoms with Crippen LogP contribution >= 0.6 is 7.82 Å². The Bertz CT molecular complexity index is 720. The fourth-order valence-electron chi connectivity index (χ4n) is 2.17. The molecule has 9 nitrogen and oxygen atoms in total. The van der Waals surface area contributed by atoms with E-state index in [0.29, 0.717) is 6.42 Å². The highest BCUT2D eigenvalue weighted by Gasteiger charge is 2.37. The molecule has 0 saturated carbocycles. The number of hydrogen-bond donors (Lipinski definition) is 1. The molecule has 1 aromatic rings. The Balaban J connectivity index is 2.27. The summed E-state index contributed by atoms with van der Waals surface area (Å²) in [7, 11) is -3.96. The third kappa shape index (κ3) is 13.9. The van der Waals surface area contributed by atoms with Crippen LogP contribution in [-0.4, -0.2) is 36.6 Å². The van der Waals surface area contributed by atoms with Gasteiger partial charge in [-0.25, -0.2) is 13.9 Å². The van der Waals surface area contributed by atoms with Crippen LogP contribution in [0.1, 0.15) is 59.9 Å². The van der Waals surface area contributed by atoms with Crippen molar-refractivity contribution in [2.75, 3.05) is 13.3 Å². The Labute approximate surface area is 184 Å². The summed E-state index contributed by atoms with van der Waals surface area (Å²) in [5, 5.41) is 2.47. The van der Waals surface area contributed by atoms with Gasteiger partial charge in [-0.3, -0.25) is 13.8 Å². The van der Waals surface area contributed by atoms with Crippen LogP contribution in [-0.2, 0) is 39.0 Å². The van der Waals surface area contributed by atoms with Gasteiger partial charge in [0.2, 0.25) is 6.79 Å². The topological polar surface area (TPSA) is 109 Å². The Morgan fingerprint density at radius 2 is 1.52 bits per heavy atom. The number of esters is 1. The summed E-state index contributed by atoms with van der Waals surface area (Å²) >= 11 is 0. The summed E-state index contributed by atoms with van der Waals surface area (Å²) in [6.07, 6.45) is -0.254. The highest BCUT2D eigenvalue weighted by molar-refractivity contribution is 7.48. The van der Waals surface area contributed by atoms with Gasteiger partial charge in [0.25, 0.3) is 0 Å². The molecule has 0 unspecified atom stereocenters. The highest BCUT2D eigenvalue weighted by atomic mass is 31.2. The average Bonchev–Trinajstić information content (AvgIpc) is 2.61. The zero-order valence-corrected chi connectivity index (χ0v) is 20.0. The van der Waals surface area contributed by atoms with E-state index in [1.54, 1.807) is 41.5 Å². The first-order valence-electron chi connectivity index (χ1n) is 10.0. The van der Waals surface area contributed by atoms with Gasteiger partial charge in [0.15, 0.2) is 0 Å². The average molecular weight is 459 g/mol. The number of phosphoric acid groups is 1. The number of benzene rings is 1. The predicted octanol–water partition coefficient (Wildman–Crippen LogP) is 4.95. The molecule has 0 atom stereocenters. The fourth-order valence-corrected chi connectivity index (χ4v) is 3.84. The molecule has 0 aliphatic rings. The molecule has 0 spiro atoms. The fraction of sp³-hybridized carbons (Fsp3) is 0.619. The maximum atomic E-state index is 12.8. The molecule has 10 heteroatoms. The summed E-state index contributed by atoms with van der Waals surface area (Å²) in [6.45, 7) is 10.0. The minimum Gasteiger partial charge on any atom is -0.461 e. The van der Waals surface area contributed by atoms with Crippen molar-refractivity contribution in [1.82, 2.24) is 5.32 Å². The maximum absolute atomic E-state index is 12.8. The molecule has 1 aromatic carbocycles. The van der Waals surface area contributed by atoms with Crippen molar-refractivity contribution in [3.8, 4) is 0 Å². The largest absolute Gasteiger partial charge is 0.478 e. The zero-order chi connectivity index (χ0) is 23.5. The summed E-state index contributed by atoms with van der Waals surface area (Å²) in [6, 6.07) is 9.35. The van der Waals surface area contributed by atoms with Crippen LogP contribution in [0.5, 0.6) is 0 Å². The molecule has 0 heterocycles. The van der Waals surface area contributed by atoms with E-state index in [4.69, 9.17) is 23.0 Å². The molecule has 0 aliphatic carbocycles. The number of ether oxygens (including phenoxy) is 2. The molecule has 1 rings (SSSR count). The number of carbonyl (C=O) groups excluding carboxylic acids is 2. The molecule has 0 aromatic heterocycles. The molecule has 0 radical (unpaired) electrons. The van der Waals surface area contributed by atoms with Crippen LogP contribution in [0.2, 0.25) is 0 Å². The Kier molecular flexibility index (Phi) is 10.7. The van der Waals surface area contributed by atoms with Gasteiger partial charge in [0, 0.05) is 13.0 Å². The van der Waals surface area contributed by atoms with Crippen LogP contribution in [0.4, 0.5) is 4.79 Å². The van der Waals surface area contributed by atoms with Gasteiger partial charge < -0.3 is 14.8 Å². The smallest absolute Gasteiger partial charge is 0.461 e. The maximum Gasteiger partial charge on any atom is 0.478 e. The van der Waals surface area contributed by atoms with Gasteiger partial charge in [0.05, 0.1) is 11.2 Å². The van der Waals surface area contributed by atoms with Gasteiger partial charge >= 0.3 is 19.9 Å². The first-order valence-corrected chi connectivity index (χ1v) is 11.5. The van der Waals surface area contributed by atoms with Crippen molar-refractivity contribution < 1.29 is 37.2 Å². The van der Waals surface area contributed by atoms with E-state index in [0.717, 1.165) is 5.56 Å². The lowest BCUT2D eigenvalue weighted by atomic mass is 10.2. The number of alkyl carbamates (subject to hydrolysis) is 1. The molecule has 1 N–H and O–H groups in total. The lowest BCUT2D eigenvalue weighted by Crippen LogP contribution is -2.28. The Hall–Kier alpha value is -1.93. The van der Waals surface area contributed by atoms with Crippen molar-refractivity contribution in [2.24, 2.45) is 0 Å². The van der Waals surface area contributed by atoms with Crippen molar-refractivity contribution in [3.05, 3.63) is 35.9 Å². The molecule has 31 heavy (non-hydrogen) atoms. The van der Waals surface area contributed by atoms with Gasteiger partial charge in [-0.05, 0) is 53.5 Å². The van der Waals surface area contributed by atoms with Crippen molar-refractivity contribution in [1.29, 1.82) is 0 Å². The van der Waals surface area contributed by atoms with E-state index in [1.165, 1.54) is 0 Å². The highest BCUT2D eigenvalue weighted by Crippen LogP contribution is 2.55. The van der Waals surface area contributed by atoms with E-state index in [1.807, 2.05) is 30.3 Å². The lowest BCUT2D eigenvalue weighted by molar-refractivity contribution is -0.145. The second-order valence-corrected chi connectivity index (χ2v) is 10.2. The molecule has 0 aliphatic heterocycles. The first kappa shape index (κ1) is 27.1. The van der Waals surface area contributed by atoms with E-state index in [-0.39, 0.29) is 25.5 Å². The molecule has 176 valence electrons. The summed E-state index contributed by atoms with van der Waals surface area (Å²) in [5.74, 6) is -0.359. The number of rotatable bonds is 11. The van der Waals surface area contributed by atoms with Crippen LogP contribution in [0, 0.1) is 0 Å². The minimum absolute atomic E-state index is 0.150. The van der Waals surface area contributed by atoms with Crippen LogP contribution in [0.15, 0.2) is 30.3 Å². The van der Waals surface area contributed by atoms with Gasteiger partial charge in [-0.1, -0.05) is 30.3 Å². The van der Waals surface area contributed by atoms with Crippen LogP contribution < -0.4 is 5.32 Å². The molecule has 1 amide bonds. The normalized spacial score (nSPS) is 12.3. The molecule has 0 bridgehead atoms. The summed E-state index contributed by atoms with van der Waals surface area (Å²) in [5.41, 5.74) is -0.684. The number of carbonyl (C=O) groups is 2. The van der Waals surface area contributed by atoms with Crippen LogP contribution in [0.25, 0.3) is 0 Å². The van der Waals surface area contributed by atoms with Gasteiger partial charge in [0.1, 0.15) is 6.61 Å². The van der Waals surface area contributed by atoms with Gasteiger partial charge in [-0.15, -0.1) is 0 Å². The van der Waals surface area contributed by atoms with Crippen molar-refractivity contribution in [3.63, 3.8) is 0 Å². The SMILES string of the molecule is CC(C)(C)OP(=O)(OCOC(=O)NCCCC(=O)OCc1ccccc1)OC(C)(C)C. The van der Waals surface area contributed by atoms with E-state index in [2.05, 4.69) is 5.32 Å². The monoisotopic (exact) mass is 459 g/mol. The van der Waals surface area contributed by atoms with E-state index in [9.17, 15) is 14.2 Å². The number of hydrogen-bond acceptors (Lipinski definition) is 8. The quantitative estimate of drug-likeness (QED) is 0.214. The van der Waals surface area contributed by atoms with Crippen molar-refractivity contribution in [2.45, 2.75) is 72.2 Å². The van der Waals surface area contributed by atoms with Crippen LogP contribution in [0.3, 0.4) is 0 Å². The number of amides is 1. The molecular formula is C21H34NO8P. The second-order valence-electron chi connectivity index (χ2n) is 8.71. The number of nitrogens with one attached hydrogen (secondary N) is 1. The van der Waals surface area contributed by atoms with E-state index < -0.39 is 31.9 Å². The Morgan fingerprint density at radius 1 is 0.935 bits per heavy atom. The molecule has 0 saturated heterocycles. The Morgan fingerprint density at radius 3 is 2.06 bits per heavy atom. The zero-order valence-electron chi connectivity index (χ0n) is 19.1. The van der Waals surface area contributed by atoms with Crippen molar-refractivity contribution >= 4 is 19.9 Å². The van der Waals surface area contributed by atoms with E-state index >= 15 is 0 Å². The third-order valence-electron chi connectivity index (χ3n) is 3.24. The lowest BCUT2D eigenvalue weighted by Gasteiger charge is -2.30. The molecular weight excluding hydrogens is 425 g/mol.